The fourth-order valence-electron chi connectivity index (χ4n) is 3.85. The molecule has 0 amide bonds. The summed E-state index contributed by atoms with van der Waals surface area (Å²) in [6.45, 7) is 0.00300. The maximum absolute atomic E-state index is 13.0. The third-order valence-electron chi connectivity index (χ3n) is 5.61. The first-order chi connectivity index (χ1) is 16.5. The summed E-state index contributed by atoms with van der Waals surface area (Å²) in [6.07, 6.45) is -0.181. The molecule has 1 unspecified atom stereocenters. The highest BCUT2D eigenvalue weighted by atomic mass is 16.5. The van der Waals surface area contributed by atoms with Crippen molar-refractivity contribution in [2.24, 2.45) is 5.92 Å². The van der Waals surface area contributed by atoms with Crippen molar-refractivity contribution in [3.8, 4) is 17.2 Å². The van der Waals surface area contributed by atoms with Crippen molar-refractivity contribution in [2.75, 3.05) is 27.9 Å². The largest absolute Gasteiger partial charge is 0.496 e. The van der Waals surface area contributed by atoms with E-state index in [0.717, 1.165) is 11.1 Å². The number of aliphatic carboxylic acids is 1. The predicted octanol–water partition coefficient (Wildman–Crippen LogP) is 4.33. The van der Waals surface area contributed by atoms with Gasteiger partial charge >= 0.3 is 11.9 Å². The summed E-state index contributed by atoms with van der Waals surface area (Å²) in [5.41, 5.74) is 2.34. The molecule has 0 aliphatic rings. The Morgan fingerprint density at radius 2 is 1.29 bits per heavy atom. The molecule has 0 radical (unpaired) electrons. The van der Waals surface area contributed by atoms with Gasteiger partial charge in [-0.05, 0) is 23.3 Å². The second-order valence-corrected chi connectivity index (χ2v) is 7.58. The van der Waals surface area contributed by atoms with E-state index >= 15 is 0 Å². The number of carbonyl (C=O) groups is 2. The van der Waals surface area contributed by atoms with Crippen molar-refractivity contribution in [2.45, 2.75) is 12.3 Å². The van der Waals surface area contributed by atoms with Crippen LogP contribution in [0.1, 0.15) is 22.6 Å². The molecule has 1 N–H and O–H groups in total. The molecule has 0 bridgehead atoms. The van der Waals surface area contributed by atoms with Gasteiger partial charge in [-0.15, -0.1) is 0 Å². The highest BCUT2D eigenvalue weighted by Crippen LogP contribution is 2.39. The molecule has 0 saturated heterocycles. The van der Waals surface area contributed by atoms with E-state index < -0.39 is 17.9 Å². The number of carboxylic acids is 1. The molecule has 7 heteroatoms. The Morgan fingerprint density at radius 1 is 0.765 bits per heavy atom. The summed E-state index contributed by atoms with van der Waals surface area (Å²) in [6, 6.07) is 22.6. The lowest BCUT2D eigenvalue weighted by molar-refractivity contribution is -0.158. The molecule has 1 atom stereocenters. The summed E-state index contributed by atoms with van der Waals surface area (Å²) >= 11 is 0. The molecular formula is C27H28O7. The molecule has 3 rings (SSSR count). The lowest BCUT2D eigenvalue weighted by Gasteiger charge is -2.21. The van der Waals surface area contributed by atoms with Crippen LogP contribution in [0.15, 0.2) is 72.8 Å². The molecule has 0 aliphatic heterocycles. The van der Waals surface area contributed by atoms with Gasteiger partial charge in [0.05, 0.1) is 21.3 Å². The van der Waals surface area contributed by atoms with Crippen LogP contribution in [0.5, 0.6) is 17.2 Å². The Morgan fingerprint density at radius 3 is 1.76 bits per heavy atom. The van der Waals surface area contributed by atoms with E-state index in [1.54, 1.807) is 12.1 Å². The molecular weight excluding hydrogens is 436 g/mol. The minimum atomic E-state index is -1.46. The van der Waals surface area contributed by atoms with E-state index in [4.69, 9.17) is 18.9 Å². The Bertz CT molecular complexity index is 1060. The van der Waals surface area contributed by atoms with Crippen LogP contribution in [-0.2, 0) is 20.7 Å². The number of hydrogen-bond acceptors (Lipinski definition) is 6. The second-order valence-electron chi connectivity index (χ2n) is 7.58. The van der Waals surface area contributed by atoms with E-state index in [-0.39, 0.29) is 18.9 Å². The van der Waals surface area contributed by atoms with Gasteiger partial charge in [0.1, 0.15) is 12.4 Å². The van der Waals surface area contributed by atoms with E-state index in [1.807, 2.05) is 60.7 Å². The Kier molecular flexibility index (Phi) is 8.51. The fraction of sp³-hybridized carbons (Fsp3) is 0.259. The molecule has 0 saturated carbocycles. The van der Waals surface area contributed by atoms with Gasteiger partial charge in [-0.25, -0.2) is 0 Å². The number of rotatable bonds is 11. The maximum Gasteiger partial charge on any atom is 0.320 e. The van der Waals surface area contributed by atoms with Gasteiger partial charge in [0.2, 0.25) is 0 Å². The number of carboxylic acid groups (broad SMARTS) is 1. The summed E-state index contributed by atoms with van der Waals surface area (Å²) in [5, 5.41) is 9.84. The first-order valence-corrected chi connectivity index (χ1v) is 10.8. The van der Waals surface area contributed by atoms with Crippen LogP contribution in [0.4, 0.5) is 0 Å². The first-order valence-electron chi connectivity index (χ1n) is 10.8. The standard InChI is InChI=1S/C27H28O7/c1-31-23-14-15-24(32-2)25(33-3)20(23)16-21(26(28)29)27(30)34-17-22(18-10-6-4-7-11-18)19-12-8-5-9-13-19/h4-15,21-22H,16-17H2,1-3H3,(H,28,29). The summed E-state index contributed by atoms with van der Waals surface area (Å²) in [4.78, 5) is 25.1. The number of hydrogen-bond donors (Lipinski definition) is 1. The Hall–Kier alpha value is -4.00. The van der Waals surface area contributed by atoms with E-state index in [1.165, 1.54) is 21.3 Å². The molecule has 0 spiro atoms. The van der Waals surface area contributed by atoms with Crippen LogP contribution in [-0.4, -0.2) is 45.0 Å². The average Bonchev–Trinajstić information content (AvgIpc) is 2.87. The quantitative estimate of drug-likeness (QED) is 0.334. The second kappa shape index (κ2) is 11.7. The number of benzene rings is 3. The molecule has 0 heterocycles. The normalized spacial score (nSPS) is 11.5. The average molecular weight is 465 g/mol. The monoisotopic (exact) mass is 464 g/mol. The third-order valence-corrected chi connectivity index (χ3v) is 5.61. The topological polar surface area (TPSA) is 91.3 Å². The van der Waals surface area contributed by atoms with Gasteiger partial charge in [-0.3, -0.25) is 9.59 Å². The fourth-order valence-corrected chi connectivity index (χ4v) is 3.85. The molecule has 7 nitrogen and oxygen atoms in total. The molecule has 3 aromatic carbocycles. The smallest absolute Gasteiger partial charge is 0.320 e. The van der Waals surface area contributed by atoms with Gasteiger partial charge in [0.15, 0.2) is 17.4 Å². The van der Waals surface area contributed by atoms with E-state index in [0.29, 0.717) is 22.8 Å². The van der Waals surface area contributed by atoms with Crippen LogP contribution in [0, 0.1) is 5.92 Å². The highest BCUT2D eigenvalue weighted by molar-refractivity contribution is 5.94. The Labute approximate surface area is 198 Å². The van der Waals surface area contributed by atoms with Crippen molar-refractivity contribution in [1.82, 2.24) is 0 Å². The zero-order chi connectivity index (χ0) is 24.5. The SMILES string of the molecule is COc1ccc(OC)c(OC)c1CC(C(=O)O)C(=O)OCC(c1ccccc1)c1ccccc1. The van der Waals surface area contributed by atoms with Crippen LogP contribution in [0.2, 0.25) is 0 Å². The van der Waals surface area contributed by atoms with Crippen molar-refractivity contribution in [3.05, 3.63) is 89.5 Å². The van der Waals surface area contributed by atoms with Crippen LogP contribution in [0.25, 0.3) is 0 Å². The molecule has 0 aromatic heterocycles. The first kappa shape index (κ1) is 24.6. The lowest BCUT2D eigenvalue weighted by Crippen LogP contribution is -2.29. The minimum absolute atomic E-state index is 0.00300. The highest BCUT2D eigenvalue weighted by Gasteiger charge is 2.32. The van der Waals surface area contributed by atoms with Gasteiger partial charge in [-0.1, -0.05) is 60.7 Å². The van der Waals surface area contributed by atoms with Gasteiger partial charge in [-0.2, -0.15) is 0 Å². The van der Waals surface area contributed by atoms with Gasteiger partial charge in [0, 0.05) is 17.9 Å². The number of methoxy groups -OCH3 is 3. The predicted molar refractivity (Wildman–Crippen MR) is 127 cm³/mol. The minimum Gasteiger partial charge on any atom is -0.496 e. The summed E-state index contributed by atoms with van der Waals surface area (Å²) < 4.78 is 21.7. The van der Waals surface area contributed by atoms with Gasteiger partial charge < -0.3 is 24.1 Å². The summed E-state index contributed by atoms with van der Waals surface area (Å²) in [7, 11) is 4.38. The van der Waals surface area contributed by atoms with Crippen molar-refractivity contribution in [1.29, 1.82) is 0 Å². The van der Waals surface area contributed by atoms with E-state index in [2.05, 4.69) is 0 Å². The molecule has 0 fully saturated rings. The van der Waals surface area contributed by atoms with Crippen molar-refractivity contribution in [3.63, 3.8) is 0 Å². The summed E-state index contributed by atoms with van der Waals surface area (Å²) in [5.74, 6) is -2.72. The lowest BCUT2D eigenvalue weighted by atomic mass is 9.92. The zero-order valence-corrected chi connectivity index (χ0v) is 19.4. The van der Waals surface area contributed by atoms with E-state index in [9.17, 15) is 14.7 Å². The molecule has 178 valence electrons. The maximum atomic E-state index is 13.0. The number of carbonyl (C=O) groups excluding carboxylic acids is 1. The van der Waals surface area contributed by atoms with Crippen LogP contribution >= 0.6 is 0 Å². The zero-order valence-electron chi connectivity index (χ0n) is 19.4. The third kappa shape index (κ3) is 5.67. The number of ether oxygens (including phenoxy) is 4. The van der Waals surface area contributed by atoms with Gasteiger partial charge in [0.25, 0.3) is 0 Å². The molecule has 34 heavy (non-hydrogen) atoms. The Balaban J connectivity index is 1.85. The van der Waals surface area contributed by atoms with Crippen LogP contribution < -0.4 is 14.2 Å². The molecule has 3 aromatic rings. The van der Waals surface area contributed by atoms with Crippen molar-refractivity contribution >= 4 is 11.9 Å². The molecule has 0 aliphatic carbocycles. The number of esters is 1. The van der Waals surface area contributed by atoms with Crippen molar-refractivity contribution < 1.29 is 33.6 Å². The van der Waals surface area contributed by atoms with Crippen LogP contribution in [0.3, 0.4) is 0 Å².